The summed E-state index contributed by atoms with van der Waals surface area (Å²) in [5.41, 5.74) is 4.97. The van der Waals surface area contributed by atoms with Crippen LogP contribution in [0.15, 0.2) is 95.5 Å². The minimum Gasteiger partial charge on any atom is -0.465 e. The van der Waals surface area contributed by atoms with Gasteiger partial charge in [0.25, 0.3) is 5.91 Å². The molecule has 41 heavy (non-hydrogen) atoms. The number of halogens is 1. The second-order valence-electron chi connectivity index (χ2n) is 11.8. The highest BCUT2D eigenvalue weighted by Crippen LogP contribution is 2.37. The molecule has 6 nitrogen and oxygen atoms in total. The van der Waals surface area contributed by atoms with Crippen molar-refractivity contribution < 1.29 is 14.7 Å². The Morgan fingerprint density at radius 1 is 0.878 bits per heavy atom. The molecule has 2 amide bonds. The standard InChI is InChI=1S/C34H36BrN3O3/c1-23-20-28(30(25-14-9-6-10-15-25)38(23)27-17-11-16-26(35)22-27)32(39)36-18-19-37(33(40)41)31(34(2,3)4)29(36)21-24-12-7-5-8-13-24/h5-17,20,22,29,31H,18-19,21H2,1-4H3,(H,40,41)/t29-,31?/m1/s1. The lowest BCUT2D eigenvalue weighted by molar-refractivity contribution is -0.0144. The average molecular weight is 615 g/mol. The normalized spacial score (nSPS) is 17.5. The van der Waals surface area contributed by atoms with Crippen LogP contribution in [0.5, 0.6) is 0 Å². The number of rotatable bonds is 5. The van der Waals surface area contributed by atoms with E-state index < -0.39 is 11.5 Å². The van der Waals surface area contributed by atoms with Gasteiger partial charge in [-0.2, -0.15) is 0 Å². The number of carboxylic acid groups (broad SMARTS) is 1. The number of nitrogens with zero attached hydrogens (tertiary/aromatic N) is 3. The molecule has 0 spiro atoms. The average Bonchev–Trinajstić information content (AvgIpc) is 3.29. The molecule has 5 rings (SSSR count). The maximum Gasteiger partial charge on any atom is 0.407 e. The van der Waals surface area contributed by atoms with E-state index >= 15 is 0 Å². The summed E-state index contributed by atoms with van der Waals surface area (Å²) in [5, 5.41) is 10.2. The first-order chi connectivity index (χ1) is 19.6. The fourth-order valence-corrected chi connectivity index (χ4v) is 6.66. The fraction of sp³-hybridized carbons (Fsp3) is 0.294. The molecule has 1 aromatic heterocycles. The number of carbonyl (C=O) groups excluding carboxylic acids is 1. The van der Waals surface area contributed by atoms with Crippen molar-refractivity contribution in [2.24, 2.45) is 5.41 Å². The lowest BCUT2D eigenvalue weighted by atomic mass is 9.77. The molecular formula is C34H36BrN3O3. The van der Waals surface area contributed by atoms with Gasteiger partial charge in [-0.25, -0.2) is 4.79 Å². The first-order valence-electron chi connectivity index (χ1n) is 13.9. The number of hydrogen-bond acceptors (Lipinski definition) is 2. The predicted molar refractivity (Wildman–Crippen MR) is 167 cm³/mol. The Hall–Kier alpha value is -3.84. The predicted octanol–water partition coefficient (Wildman–Crippen LogP) is 7.68. The van der Waals surface area contributed by atoms with Gasteiger partial charge in [0, 0.05) is 28.9 Å². The highest BCUT2D eigenvalue weighted by atomic mass is 79.9. The van der Waals surface area contributed by atoms with Crippen LogP contribution in [0.1, 0.15) is 42.4 Å². The minimum atomic E-state index is -0.947. The maximum absolute atomic E-state index is 14.7. The van der Waals surface area contributed by atoms with Gasteiger partial charge in [-0.05, 0) is 54.2 Å². The van der Waals surface area contributed by atoms with E-state index in [9.17, 15) is 14.7 Å². The fourth-order valence-electron chi connectivity index (χ4n) is 6.27. The zero-order valence-corrected chi connectivity index (χ0v) is 25.5. The quantitative estimate of drug-likeness (QED) is 0.251. The second-order valence-corrected chi connectivity index (χ2v) is 12.7. The van der Waals surface area contributed by atoms with E-state index in [1.807, 2.05) is 103 Å². The van der Waals surface area contributed by atoms with Crippen molar-refractivity contribution in [3.63, 3.8) is 0 Å². The van der Waals surface area contributed by atoms with Crippen molar-refractivity contribution in [2.75, 3.05) is 13.1 Å². The Kier molecular flexibility index (Phi) is 8.09. The number of benzene rings is 3. The molecule has 0 aliphatic carbocycles. The molecule has 1 N–H and O–H groups in total. The number of hydrogen-bond donors (Lipinski definition) is 1. The Morgan fingerprint density at radius 2 is 1.51 bits per heavy atom. The molecular weight excluding hydrogens is 578 g/mol. The van der Waals surface area contributed by atoms with E-state index in [4.69, 9.17) is 0 Å². The van der Waals surface area contributed by atoms with Crippen molar-refractivity contribution >= 4 is 27.9 Å². The molecule has 1 aliphatic heterocycles. The number of piperazine rings is 1. The van der Waals surface area contributed by atoms with Gasteiger partial charge in [0.15, 0.2) is 0 Å². The third-order valence-electron chi connectivity index (χ3n) is 7.89. The van der Waals surface area contributed by atoms with Crippen LogP contribution in [-0.4, -0.2) is 56.6 Å². The number of aryl methyl sites for hydroxylation is 1. The van der Waals surface area contributed by atoms with Gasteiger partial charge >= 0.3 is 6.09 Å². The molecule has 1 saturated heterocycles. The van der Waals surface area contributed by atoms with E-state index in [1.54, 1.807) is 0 Å². The molecule has 3 aromatic carbocycles. The van der Waals surface area contributed by atoms with E-state index in [2.05, 4.69) is 41.3 Å². The second kappa shape index (κ2) is 11.6. The lowest BCUT2D eigenvalue weighted by Crippen LogP contribution is -2.66. The van der Waals surface area contributed by atoms with Crippen molar-refractivity contribution in [1.29, 1.82) is 0 Å². The van der Waals surface area contributed by atoms with E-state index in [0.717, 1.165) is 32.7 Å². The van der Waals surface area contributed by atoms with Crippen LogP contribution in [0.3, 0.4) is 0 Å². The summed E-state index contributed by atoms with van der Waals surface area (Å²) in [6.07, 6.45) is -0.388. The first-order valence-corrected chi connectivity index (χ1v) is 14.7. The third kappa shape index (κ3) is 5.82. The van der Waals surface area contributed by atoms with Gasteiger partial charge in [-0.15, -0.1) is 0 Å². The zero-order chi connectivity index (χ0) is 29.3. The molecule has 1 fully saturated rings. The molecule has 1 unspecified atom stereocenters. The molecule has 2 atom stereocenters. The smallest absolute Gasteiger partial charge is 0.407 e. The summed E-state index contributed by atoms with van der Waals surface area (Å²) in [6.45, 7) is 8.78. The molecule has 2 heterocycles. The Balaban J connectivity index is 1.66. The topological polar surface area (TPSA) is 65.8 Å². The molecule has 0 bridgehead atoms. The van der Waals surface area contributed by atoms with Gasteiger partial charge in [0.2, 0.25) is 0 Å². The van der Waals surface area contributed by atoms with Gasteiger partial charge in [0.1, 0.15) is 0 Å². The highest BCUT2D eigenvalue weighted by molar-refractivity contribution is 9.10. The number of amides is 2. The van der Waals surface area contributed by atoms with Gasteiger partial charge < -0.3 is 19.5 Å². The Bertz CT molecular complexity index is 1540. The van der Waals surface area contributed by atoms with Crippen molar-refractivity contribution in [1.82, 2.24) is 14.4 Å². The van der Waals surface area contributed by atoms with Gasteiger partial charge in [-0.1, -0.05) is 103 Å². The monoisotopic (exact) mass is 613 g/mol. The first kappa shape index (κ1) is 28.7. The molecule has 1 aliphatic rings. The molecule has 4 aromatic rings. The maximum atomic E-state index is 14.7. The lowest BCUT2D eigenvalue weighted by Gasteiger charge is -2.51. The summed E-state index contributed by atoms with van der Waals surface area (Å²) >= 11 is 3.60. The summed E-state index contributed by atoms with van der Waals surface area (Å²) in [6, 6.07) is 29.3. The van der Waals surface area contributed by atoms with Gasteiger partial charge in [-0.3, -0.25) is 4.79 Å². The highest BCUT2D eigenvalue weighted by Gasteiger charge is 2.47. The van der Waals surface area contributed by atoms with E-state index in [0.29, 0.717) is 18.5 Å². The minimum absolute atomic E-state index is 0.0825. The molecule has 212 valence electrons. The van der Waals surface area contributed by atoms with Crippen LogP contribution in [0.2, 0.25) is 0 Å². The largest absolute Gasteiger partial charge is 0.465 e. The Morgan fingerprint density at radius 3 is 2.12 bits per heavy atom. The molecule has 0 radical (unpaired) electrons. The van der Waals surface area contributed by atoms with Crippen LogP contribution >= 0.6 is 15.9 Å². The summed E-state index contributed by atoms with van der Waals surface area (Å²) < 4.78 is 3.09. The molecule has 0 saturated carbocycles. The van der Waals surface area contributed by atoms with E-state index in [-0.39, 0.29) is 24.5 Å². The summed E-state index contributed by atoms with van der Waals surface area (Å²) in [5.74, 6) is -0.0825. The van der Waals surface area contributed by atoms with Crippen molar-refractivity contribution in [3.8, 4) is 16.9 Å². The number of carbonyl (C=O) groups is 2. The van der Waals surface area contributed by atoms with Crippen molar-refractivity contribution in [3.05, 3.63) is 112 Å². The number of aromatic nitrogens is 1. The van der Waals surface area contributed by atoms with Crippen LogP contribution in [0.25, 0.3) is 16.9 Å². The molecule has 7 heteroatoms. The SMILES string of the molecule is Cc1cc(C(=O)N2CCN(C(=O)O)C(C(C)(C)C)[C@H]2Cc2ccccc2)c(-c2ccccc2)n1-c1cccc(Br)c1. The van der Waals surface area contributed by atoms with E-state index in [1.165, 1.54) is 4.90 Å². The zero-order valence-electron chi connectivity index (χ0n) is 23.9. The van der Waals surface area contributed by atoms with Crippen molar-refractivity contribution in [2.45, 2.75) is 46.2 Å². The van der Waals surface area contributed by atoms with Crippen LogP contribution < -0.4 is 0 Å². The third-order valence-corrected chi connectivity index (χ3v) is 8.39. The Labute approximate surface area is 250 Å². The van der Waals surface area contributed by atoms with Gasteiger partial charge in [0.05, 0.1) is 23.3 Å². The van der Waals surface area contributed by atoms with Crippen LogP contribution in [-0.2, 0) is 6.42 Å². The summed E-state index contributed by atoms with van der Waals surface area (Å²) in [7, 11) is 0. The van der Waals surface area contributed by atoms with Crippen LogP contribution in [0, 0.1) is 12.3 Å². The summed E-state index contributed by atoms with van der Waals surface area (Å²) in [4.78, 5) is 30.6. The van der Waals surface area contributed by atoms with Crippen LogP contribution in [0.4, 0.5) is 4.79 Å².